The first-order valence-electron chi connectivity index (χ1n) is 40.9. The van der Waals surface area contributed by atoms with Crippen LogP contribution >= 0.6 is 45.7 Å². The molecule has 20 heterocycles. The van der Waals surface area contributed by atoms with E-state index >= 15 is 0 Å². The smallest absolute Gasteiger partial charge is 0.252 e. The lowest BCUT2D eigenvalue weighted by Gasteiger charge is -2.40. The topological polar surface area (TPSA) is 464 Å². The zero-order chi connectivity index (χ0) is 89.2. The highest BCUT2D eigenvalue weighted by Crippen LogP contribution is 2.41. The van der Waals surface area contributed by atoms with Gasteiger partial charge in [-0.2, -0.15) is 67.6 Å². The van der Waals surface area contributed by atoms with Gasteiger partial charge in [0.05, 0.1) is 77.6 Å². The van der Waals surface area contributed by atoms with Crippen molar-refractivity contribution in [1.29, 1.82) is 0 Å². The molecule has 0 radical (unpaired) electrons. The average Bonchev–Trinajstić information content (AvgIpc) is 1.83. The van der Waals surface area contributed by atoms with Crippen LogP contribution in [0.4, 0.5) is 66.5 Å². The molecule has 4 aliphatic rings. The number of nitrogens with one attached hydrogen (secondary N) is 5. The lowest BCUT2D eigenvalue weighted by molar-refractivity contribution is 0.170. The van der Waals surface area contributed by atoms with Crippen molar-refractivity contribution in [3.63, 3.8) is 0 Å². The molecule has 4 saturated heterocycles. The number of fused-ring (bicyclic) bond motifs is 4. The summed E-state index contributed by atoms with van der Waals surface area (Å²) in [6.45, 7) is 14.0. The number of sulfonamides is 2. The van der Waals surface area contributed by atoms with Crippen molar-refractivity contribution in [2.24, 2.45) is 45.4 Å². The Morgan fingerprint density at radius 3 is 1.06 bits per heavy atom. The van der Waals surface area contributed by atoms with Crippen LogP contribution in [0.3, 0.4) is 0 Å². The van der Waals surface area contributed by atoms with E-state index in [0.29, 0.717) is 71.4 Å². The molecular formula is C80H100N36O5S6. The maximum absolute atomic E-state index is 12.7. The fourth-order valence-corrected chi connectivity index (χ4v) is 22.0. The van der Waals surface area contributed by atoms with E-state index in [9.17, 15) is 21.9 Å². The molecule has 0 atom stereocenters. The summed E-state index contributed by atoms with van der Waals surface area (Å²) in [7, 11) is 8.60. The van der Waals surface area contributed by atoms with Gasteiger partial charge in [-0.25, -0.2) is 45.4 Å². The van der Waals surface area contributed by atoms with Gasteiger partial charge in [-0.1, -0.05) is 0 Å². The highest BCUT2D eigenvalue weighted by molar-refractivity contribution is 7.91. The lowest BCUT2D eigenvalue weighted by atomic mass is 9.89. The van der Waals surface area contributed by atoms with Crippen LogP contribution < -0.4 is 63.4 Å². The van der Waals surface area contributed by atoms with Gasteiger partial charge in [-0.3, -0.25) is 18.7 Å². The normalized spacial score (nSPS) is 15.3. The Bertz CT molecular complexity index is 6910. The van der Waals surface area contributed by atoms with Crippen molar-refractivity contribution in [3.05, 3.63) is 145 Å². The van der Waals surface area contributed by atoms with Gasteiger partial charge >= 0.3 is 0 Å². The van der Waals surface area contributed by atoms with E-state index in [-0.39, 0.29) is 18.7 Å². The molecule has 0 aromatic carbocycles. The number of rotatable bonds is 22. The molecule has 0 amide bonds. The van der Waals surface area contributed by atoms with E-state index in [4.69, 9.17) is 37.1 Å². The van der Waals surface area contributed by atoms with E-state index in [2.05, 4.69) is 95.7 Å². The molecule has 0 bridgehead atoms. The van der Waals surface area contributed by atoms with Crippen LogP contribution in [0, 0.1) is 27.7 Å². The number of anilines is 12. The molecule has 20 rings (SSSR count). The number of aliphatic hydroxyl groups excluding tert-OH is 1. The van der Waals surface area contributed by atoms with Gasteiger partial charge in [0.2, 0.25) is 0 Å². The Morgan fingerprint density at radius 2 is 0.764 bits per heavy atom. The van der Waals surface area contributed by atoms with E-state index in [0.717, 1.165) is 177 Å². The predicted octanol–water partition coefficient (Wildman–Crippen LogP) is 8.04. The summed E-state index contributed by atoms with van der Waals surface area (Å²) in [5, 5.41) is 65.4. The number of thiophene rings is 2. The zero-order valence-electron chi connectivity index (χ0n) is 72.3. The second-order valence-corrected chi connectivity index (χ2v) is 41.0. The Balaban J connectivity index is 0.000000120. The molecule has 0 saturated carbocycles. The van der Waals surface area contributed by atoms with E-state index in [1.165, 1.54) is 82.5 Å². The molecule has 0 unspecified atom stereocenters. The van der Waals surface area contributed by atoms with Crippen LogP contribution in [0.1, 0.15) is 48.2 Å². The molecule has 4 fully saturated rings. The maximum Gasteiger partial charge on any atom is 0.252 e. The van der Waals surface area contributed by atoms with Crippen molar-refractivity contribution in [2.75, 3.05) is 135 Å². The first-order chi connectivity index (χ1) is 60.8. The SMILES string of the molecule is CNC1CN(c2cc(Nc3cc(C)ns3)n3ncc(-c4cnn(C)c4)c3n2)C1.Cc1cc(Nc2cc(N3CC(N)C3)nc3c(-c4cnn(C)c4)cnn23)sc1S(=O)(=O)N(C)C.Cc1cc(Nc2cc(N3CCC(N)(CO)CC3)nc3c(-c4cnn(C)c4)cnn23)sn1.Cc1cc(Nc2cc(N3CCC(N)CC3)nc3c(-c4cnn(C)c4)cnn23)sc1S(=O)(=O)N(C)C. The predicted molar refractivity (Wildman–Crippen MR) is 498 cm³/mol. The Morgan fingerprint density at radius 1 is 0.441 bits per heavy atom. The number of aryl methyl sites for hydroxylation is 8. The molecule has 4 aliphatic heterocycles. The first-order valence-corrected chi connectivity index (χ1v) is 47.0. The minimum Gasteiger partial charge on any atom is -0.394 e. The third kappa shape index (κ3) is 18.1. The van der Waals surface area contributed by atoms with Gasteiger partial charge in [0, 0.05) is 226 Å². The maximum atomic E-state index is 12.7. The van der Waals surface area contributed by atoms with Crippen LogP contribution in [0.5, 0.6) is 0 Å². The number of aliphatic hydroxyl groups is 1. The highest BCUT2D eigenvalue weighted by atomic mass is 32.3. The van der Waals surface area contributed by atoms with Crippen LogP contribution in [0.15, 0.2) is 131 Å². The standard InChI is InChI=1S/C22H29N9O2S2.C20H25N9O2S2.C20H25N9OS.C18H21N9S/c1-14-9-20(34-22(14)35(32,33)28(2)3)26-19-10-18(30-7-5-16(23)6-8-30)27-21-17(12-25-31(19)21)15-11-24-29(4)13-15;1-12-5-18(32-20(12)33(30,31)26(2)3)24-17-6-16(28-10-14(21)11-28)25-19-15(8-23-29(17)19)13-7-22-27(4)9-13;1-13-7-18(31-26-13)24-17-8-16(28-5-3-20(21,12-30)4-6-28)25-19-15(10-23-29(17)19)14-9-22-27(2)11-14;1-11-4-17(28-24-11)22-16-5-15(26-9-13(10-26)19-2)23-18-14(7-21-27(16)18)12-6-20-25(3)8-12/h9-13,16,26H,5-8,23H2,1-4H3;5-9,14,24H,10-11,21H2,1-4H3;7-11,24,30H,3-6,12,21H2,1-2H3;4-8,13,19,22H,9-10H2,1-3H3. The third-order valence-electron chi connectivity index (χ3n) is 22.4. The largest absolute Gasteiger partial charge is 0.394 e. The fraction of sp³-hybridized carbons (Fsp3) is 0.375. The van der Waals surface area contributed by atoms with Gasteiger partial charge in [-0.15, -0.1) is 22.7 Å². The number of likely N-dealkylation sites (N-methyl/N-ethyl adjacent to an activating group) is 1. The zero-order valence-corrected chi connectivity index (χ0v) is 77.2. The summed E-state index contributed by atoms with van der Waals surface area (Å²) >= 11 is 5.24. The minimum atomic E-state index is -3.53. The second-order valence-electron chi connectivity index (χ2n) is 32.6. The molecule has 16 aromatic rings. The Kier molecular flexibility index (Phi) is 24.2. The van der Waals surface area contributed by atoms with Crippen LogP contribution in [-0.4, -0.2) is 255 Å². The molecule has 0 aliphatic carbocycles. The summed E-state index contributed by atoms with van der Waals surface area (Å²) in [5.74, 6) is 6.46. The van der Waals surface area contributed by atoms with Gasteiger partial charge in [-0.05, 0) is 119 Å². The summed E-state index contributed by atoms with van der Waals surface area (Å²) in [6, 6.07) is 16.5. The lowest BCUT2D eigenvalue weighted by Crippen LogP contribution is -2.57. The number of nitrogens with zero attached hydrogens (tertiary/aromatic N) is 28. The Hall–Kier alpha value is -12.0. The first kappa shape index (κ1) is 87.1. The quantitative estimate of drug-likeness (QED) is 0.0310. The van der Waals surface area contributed by atoms with Crippen LogP contribution in [0.2, 0.25) is 0 Å². The number of hydrogen-bond acceptors (Lipinski definition) is 35. The molecule has 666 valence electrons. The summed E-state index contributed by atoms with van der Waals surface area (Å²) < 4.78 is 76.8. The van der Waals surface area contributed by atoms with E-state index < -0.39 is 25.6 Å². The molecule has 16 aromatic heterocycles. The monoisotopic (exact) mass is 1840 g/mol. The fourth-order valence-electron chi connectivity index (χ4n) is 15.1. The molecule has 47 heteroatoms. The molecule has 127 heavy (non-hydrogen) atoms. The van der Waals surface area contributed by atoms with Gasteiger partial charge in [0.1, 0.15) is 65.0 Å². The van der Waals surface area contributed by atoms with Gasteiger partial charge in [0.15, 0.2) is 22.6 Å². The van der Waals surface area contributed by atoms with E-state index in [1.807, 2.05) is 156 Å². The molecular weight excluding hydrogens is 1740 g/mol. The number of piperidine rings is 2. The molecule has 41 nitrogen and oxygen atoms in total. The number of nitrogens with two attached hydrogens (primary N) is 3. The molecule has 12 N–H and O–H groups in total. The van der Waals surface area contributed by atoms with E-state index in [1.54, 1.807) is 66.4 Å². The summed E-state index contributed by atoms with van der Waals surface area (Å²) in [5.41, 5.74) is 31.5. The average molecular weight is 1840 g/mol. The van der Waals surface area contributed by atoms with Crippen LogP contribution in [-0.2, 0) is 48.2 Å². The Labute approximate surface area is 747 Å². The van der Waals surface area contributed by atoms with Crippen molar-refractivity contribution < 1.29 is 21.9 Å². The van der Waals surface area contributed by atoms with Crippen molar-refractivity contribution in [2.45, 2.75) is 85.5 Å². The third-order valence-corrected chi connectivity index (χ3v) is 31.2. The molecule has 0 spiro atoms. The van der Waals surface area contributed by atoms with Crippen molar-refractivity contribution >= 4 is 155 Å². The minimum absolute atomic E-state index is 0.00137. The highest BCUT2D eigenvalue weighted by Gasteiger charge is 2.34. The van der Waals surface area contributed by atoms with Crippen LogP contribution in [0.25, 0.3) is 67.1 Å². The van der Waals surface area contributed by atoms with Crippen molar-refractivity contribution in [1.82, 2.24) is 120 Å². The summed E-state index contributed by atoms with van der Waals surface area (Å²) in [6.07, 6.45) is 25.4. The summed E-state index contributed by atoms with van der Waals surface area (Å²) in [4.78, 5) is 28.5. The number of hydrogen-bond donors (Lipinski definition) is 9. The van der Waals surface area contributed by atoms with Crippen molar-refractivity contribution in [3.8, 4) is 44.5 Å². The second kappa shape index (κ2) is 35.3. The number of aromatic nitrogens is 22. The van der Waals surface area contributed by atoms with Gasteiger partial charge in [0.25, 0.3) is 20.0 Å². The van der Waals surface area contributed by atoms with Gasteiger partial charge < -0.3 is 68.5 Å².